The maximum Gasteiger partial charge on any atom is 0.323 e. The van der Waals surface area contributed by atoms with Gasteiger partial charge in [0.2, 0.25) is 0 Å². The first-order valence-electron chi connectivity index (χ1n) is 16.2. The number of carbonyl (C=O) groups excluding carboxylic acids is 1. The Balaban J connectivity index is 1.13. The van der Waals surface area contributed by atoms with Crippen LogP contribution in [0.3, 0.4) is 0 Å². The van der Waals surface area contributed by atoms with E-state index in [1.54, 1.807) is 22.7 Å². The third kappa shape index (κ3) is 6.34. The lowest BCUT2D eigenvalue weighted by atomic mass is 10.1. The molecule has 7 aromatic rings. The van der Waals surface area contributed by atoms with Crippen LogP contribution in [0, 0.1) is 0 Å². The molecule has 0 unspecified atom stereocenters. The molecule has 3 aromatic carbocycles. The van der Waals surface area contributed by atoms with Gasteiger partial charge in [0.25, 0.3) is 5.91 Å². The summed E-state index contributed by atoms with van der Waals surface area (Å²) >= 11 is 11.7. The van der Waals surface area contributed by atoms with Crippen molar-refractivity contribution in [1.82, 2.24) is 9.47 Å². The highest BCUT2D eigenvalue weighted by molar-refractivity contribution is 8.26. The molecule has 0 saturated carbocycles. The van der Waals surface area contributed by atoms with Gasteiger partial charge in [-0.3, -0.25) is 14.5 Å². The molecule has 5 heterocycles. The summed E-state index contributed by atoms with van der Waals surface area (Å²) in [5.41, 5.74) is 6.83. The summed E-state index contributed by atoms with van der Waals surface area (Å²) in [5.74, 6) is -1.45. The predicted octanol–water partition coefficient (Wildman–Crippen LogP) is 11.8. The number of aliphatic carboxylic acids is 1. The molecule has 1 aliphatic rings. The van der Waals surface area contributed by atoms with Crippen molar-refractivity contribution in [3.8, 4) is 20.2 Å². The van der Waals surface area contributed by atoms with Crippen molar-refractivity contribution in [1.29, 1.82) is 0 Å². The fraction of sp³-hybridized carbons (Fsp3) is 0.125. The van der Waals surface area contributed by atoms with Crippen LogP contribution >= 0.6 is 58.0 Å². The summed E-state index contributed by atoms with van der Waals surface area (Å²) in [6.07, 6.45) is 1.81. The van der Waals surface area contributed by atoms with E-state index in [1.807, 2.05) is 35.6 Å². The molecule has 1 saturated heterocycles. The van der Waals surface area contributed by atoms with E-state index in [9.17, 15) is 14.7 Å². The van der Waals surface area contributed by atoms with Gasteiger partial charge in [-0.05, 0) is 93.1 Å². The Labute approximate surface area is 316 Å². The van der Waals surface area contributed by atoms with Crippen molar-refractivity contribution >= 4 is 118 Å². The summed E-state index contributed by atoms with van der Waals surface area (Å²) in [5, 5.41) is 9.17. The number of thioether (sulfide) groups is 1. The van der Waals surface area contributed by atoms with Crippen molar-refractivity contribution in [2.75, 3.05) is 11.4 Å². The number of nitrogens with zero attached hydrogens (tertiary/aromatic N) is 3. The summed E-state index contributed by atoms with van der Waals surface area (Å²) < 4.78 is 5.28. The van der Waals surface area contributed by atoms with Gasteiger partial charge in [0.1, 0.15) is 10.9 Å². The highest BCUT2D eigenvalue weighted by Crippen LogP contribution is 2.48. The van der Waals surface area contributed by atoms with Crippen molar-refractivity contribution in [3.63, 3.8) is 0 Å². The van der Waals surface area contributed by atoms with Crippen LogP contribution in [0.1, 0.15) is 25.6 Å². The molecular weight excluding hydrogens is 731 g/mol. The Morgan fingerprint density at radius 1 is 0.765 bits per heavy atom. The largest absolute Gasteiger partial charge is 0.480 e. The minimum Gasteiger partial charge on any atom is -0.480 e. The molecule has 0 aliphatic carbocycles. The average Bonchev–Trinajstić information content (AvgIpc) is 3.92. The quantitative estimate of drug-likeness (QED) is 0.123. The Kier molecular flexibility index (Phi) is 8.72. The first-order chi connectivity index (χ1) is 24.5. The molecule has 11 heteroatoms. The van der Waals surface area contributed by atoms with Crippen LogP contribution in [0.15, 0.2) is 114 Å². The Bertz CT molecular complexity index is 2440. The molecule has 0 spiro atoms. The van der Waals surface area contributed by atoms with E-state index in [0.29, 0.717) is 4.91 Å². The zero-order valence-corrected chi connectivity index (χ0v) is 31.9. The summed E-state index contributed by atoms with van der Waals surface area (Å²) in [4.78, 5) is 32.3. The fourth-order valence-corrected chi connectivity index (χ4v) is 11.2. The van der Waals surface area contributed by atoms with Gasteiger partial charge < -0.3 is 14.6 Å². The Morgan fingerprint density at radius 2 is 1.33 bits per heavy atom. The number of thiocarbonyl (C=S) groups is 1. The molecule has 0 radical (unpaired) electrons. The van der Waals surface area contributed by atoms with Crippen LogP contribution in [0.2, 0.25) is 0 Å². The van der Waals surface area contributed by atoms with Gasteiger partial charge in [0.15, 0.2) is 0 Å². The van der Waals surface area contributed by atoms with Crippen LogP contribution in [0.5, 0.6) is 0 Å². The van der Waals surface area contributed by atoms with Gasteiger partial charge >= 0.3 is 5.97 Å². The number of aromatic nitrogens is 1. The topological polar surface area (TPSA) is 65.8 Å². The second-order valence-electron chi connectivity index (χ2n) is 13.1. The molecule has 0 bridgehead atoms. The number of fused-ring (bicyclic) bond motifs is 3. The molecule has 1 aliphatic heterocycles. The lowest BCUT2D eigenvalue weighted by molar-refractivity contribution is -0.140. The molecule has 1 N–H and O–H groups in total. The zero-order chi connectivity index (χ0) is 35.4. The number of benzene rings is 3. The monoisotopic (exact) mass is 761 g/mol. The maximum atomic E-state index is 12.8. The minimum absolute atomic E-state index is 0.141. The molecule has 0 atom stereocenters. The van der Waals surface area contributed by atoms with Gasteiger partial charge in [-0.2, -0.15) is 0 Å². The lowest BCUT2D eigenvalue weighted by Gasteiger charge is -2.25. The molecule has 51 heavy (non-hydrogen) atoms. The van der Waals surface area contributed by atoms with E-state index >= 15 is 0 Å². The van der Waals surface area contributed by atoms with Gasteiger partial charge in [0.05, 0.1) is 25.3 Å². The maximum absolute atomic E-state index is 12.8. The molecule has 254 valence electrons. The number of carboxylic acid groups (broad SMARTS) is 1. The molecule has 4 aromatic heterocycles. The number of amides is 1. The standard InChI is InChI=1S/C40H31N3O3S5/c1-40(2,3)43-29-21-32(24-14-16-27(17-15-24)42(25-10-6-4-7-11-25)26-12-8-5-9-13-26)49-36(29)37-30(43)22-33(50-37)31-19-18-28(48-31)20-34-38(46)41(23-35(44)45)39(47)51-34/h4-22H,23H2,1-3H3,(H,44,45)/b34-20-. The van der Waals surface area contributed by atoms with Gasteiger partial charge in [-0.1, -0.05) is 72.5 Å². The molecular formula is C40H31N3O3S5. The first kappa shape index (κ1) is 33.6. The van der Waals surface area contributed by atoms with Crippen molar-refractivity contribution in [2.24, 2.45) is 0 Å². The van der Waals surface area contributed by atoms with Crippen LogP contribution in [-0.2, 0) is 15.1 Å². The summed E-state index contributed by atoms with van der Waals surface area (Å²) in [6, 6.07) is 38.5. The van der Waals surface area contributed by atoms with Gasteiger partial charge in [0, 0.05) is 42.1 Å². The SMILES string of the molecule is CC(C)(C)n1c2cc(-c3ccc(N(c4ccccc4)c4ccccc4)cc3)sc2c2sc(-c3ccc(/C=C4\SC(=S)N(CC(=O)O)C4=O)s3)cc21. The molecule has 1 amide bonds. The van der Waals surface area contributed by atoms with E-state index in [4.69, 9.17) is 12.2 Å². The van der Waals surface area contributed by atoms with Crippen LogP contribution < -0.4 is 4.90 Å². The predicted molar refractivity (Wildman–Crippen MR) is 221 cm³/mol. The zero-order valence-electron chi connectivity index (χ0n) is 27.8. The van der Waals surface area contributed by atoms with E-state index in [2.05, 4.69) is 121 Å². The Hall–Kier alpha value is -4.52. The lowest BCUT2D eigenvalue weighted by Crippen LogP contribution is -2.33. The third-order valence-corrected chi connectivity index (χ3v) is 13.6. The highest BCUT2D eigenvalue weighted by atomic mass is 32.2. The number of thiophene rings is 3. The number of para-hydroxylation sites is 2. The number of hydrogen-bond acceptors (Lipinski definition) is 8. The third-order valence-electron chi connectivity index (χ3n) is 8.53. The van der Waals surface area contributed by atoms with Crippen molar-refractivity contribution in [3.05, 3.63) is 119 Å². The summed E-state index contributed by atoms with van der Waals surface area (Å²) in [7, 11) is 0. The second-order valence-corrected chi connectivity index (χ2v) is 18.0. The number of hydrogen-bond donors (Lipinski definition) is 1. The van der Waals surface area contributed by atoms with Crippen LogP contribution in [0.25, 0.3) is 46.7 Å². The minimum atomic E-state index is -1.09. The fourth-order valence-electron chi connectivity index (χ4n) is 6.38. The normalized spacial score (nSPS) is 14.4. The van der Waals surface area contributed by atoms with E-state index < -0.39 is 12.5 Å². The van der Waals surface area contributed by atoms with E-state index in [-0.39, 0.29) is 15.8 Å². The first-order valence-corrected chi connectivity index (χ1v) is 19.9. The van der Waals surface area contributed by atoms with Crippen molar-refractivity contribution in [2.45, 2.75) is 26.3 Å². The highest BCUT2D eigenvalue weighted by Gasteiger charge is 2.33. The van der Waals surface area contributed by atoms with Crippen molar-refractivity contribution < 1.29 is 14.7 Å². The number of carboxylic acids is 1. The van der Waals surface area contributed by atoms with Crippen LogP contribution in [0.4, 0.5) is 17.1 Å². The van der Waals surface area contributed by atoms with Gasteiger partial charge in [-0.15, -0.1) is 34.0 Å². The summed E-state index contributed by atoms with van der Waals surface area (Å²) in [6.45, 7) is 6.32. The molecule has 8 rings (SSSR count). The molecule has 1 fully saturated rings. The number of carbonyl (C=O) groups is 2. The number of rotatable bonds is 8. The van der Waals surface area contributed by atoms with Gasteiger partial charge in [-0.25, -0.2) is 0 Å². The Morgan fingerprint density at radius 3 is 1.92 bits per heavy atom. The number of anilines is 3. The van der Waals surface area contributed by atoms with Crippen LogP contribution in [-0.4, -0.2) is 37.3 Å². The smallest absolute Gasteiger partial charge is 0.323 e. The average molecular weight is 762 g/mol. The molecule has 6 nitrogen and oxygen atoms in total. The van der Waals surface area contributed by atoms with E-state index in [1.165, 1.54) is 35.8 Å². The van der Waals surface area contributed by atoms with E-state index in [0.717, 1.165) is 43.5 Å². The second kappa shape index (κ2) is 13.2.